The van der Waals surface area contributed by atoms with Crippen molar-refractivity contribution in [3.05, 3.63) is 41.6 Å². The van der Waals surface area contributed by atoms with Crippen LogP contribution in [0.5, 0.6) is 0 Å². The molecule has 1 rings (SSSR count). The smallest absolute Gasteiger partial charge is 0.172 e. The first-order valence-corrected chi connectivity index (χ1v) is 5.45. The minimum Gasteiger partial charge on any atom is -0.383 e. The molecule has 0 aliphatic carbocycles. The van der Waals surface area contributed by atoms with Gasteiger partial charge in [-0.3, -0.25) is 0 Å². The third-order valence-corrected chi connectivity index (χ3v) is 2.18. The van der Waals surface area contributed by atoms with E-state index in [4.69, 9.17) is 0 Å². The number of allylic oxidation sites excluding steroid dienone is 1. The van der Waals surface area contributed by atoms with Gasteiger partial charge in [0.15, 0.2) is 6.21 Å². The maximum absolute atomic E-state index is 2.16. The van der Waals surface area contributed by atoms with E-state index in [9.17, 15) is 0 Å². The van der Waals surface area contributed by atoms with Crippen LogP contribution in [-0.2, 0) is 0 Å². The molecule has 16 heavy (non-hydrogen) atoms. The van der Waals surface area contributed by atoms with Crippen molar-refractivity contribution in [2.45, 2.75) is 6.92 Å². The van der Waals surface area contributed by atoms with Gasteiger partial charge in [-0.1, -0.05) is 29.8 Å². The van der Waals surface area contributed by atoms with Crippen LogP contribution in [0.2, 0.25) is 0 Å². The highest BCUT2D eigenvalue weighted by atomic mass is 15.0. The fourth-order valence-corrected chi connectivity index (χ4v) is 1.48. The summed E-state index contributed by atoms with van der Waals surface area (Å²) in [6.07, 6.45) is 4.26. The van der Waals surface area contributed by atoms with E-state index in [0.717, 1.165) is 0 Å². The summed E-state index contributed by atoms with van der Waals surface area (Å²) >= 11 is 0. The van der Waals surface area contributed by atoms with E-state index in [1.165, 1.54) is 16.7 Å². The SMILES string of the molecule is Cc1ccc(/C(C=[N+](C)C)=C\N(C)C)cc1. The zero-order valence-electron chi connectivity index (χ0n) is 10.9. The summed E-state index contributed by atoms with van der Waals surface area (Å²) in [5, 5.41) is 0. The second-order valence-electron chi connectivity index (χ2n) is 4.51. The molecule has 0 aliphatic heterocycles. The highest BCUT2D eigenvalue weighted by Crippen LogP contribution is 2.13. The van der Waals surface area contributed by atoms with Crippen LogP contribution < -0.4 is 0 Å². The zero-order valence-corrected chi connectivity index (χ0v) is 10.9. The molecule has 0 saturated carbocycles. The summed E-state index contributed by atoms with van der Waals surface area (Å²) in [6, 6.07) is 8.60. The quantitative estimate of drug-likeness (QED) is 0.556. The summed E-state index contributed by atoms with van der Waals surface area (Å²) in [6.45, 7) is 2.11. The second kappa shape index (κ2) is 5.50. The molecule has 0 amide bonds. The van der Waals surface area contributed by atoms with Crippen LogP contribution in [0.25, 0.3) is 5.57 Å². The molecule has 2 heteroatoms. The lowest BCUT2D eigenvalue weighted by Crippen LogP contribution is -2.07. The number of benzene rings is 1. The van der Waals surface area contributed by atoms with Crippen molar-refractivity contribution >= 4 is 11.8 Å². The van der Waals surface area contributed by atoms with Gasteiger partial charge in [0.25, 0.3) is 0 Å². The van der Waals surface area contributed by atoms with E-state index in [2.05, 4.69) is 53.1 Å². The van der Waals surface area contributed by atoms with Gasteiger partial charge >= 0.3 is 0 Å². The van der Waals surface area contributed by atoms with Crippen molar-refractivity contribution in [1.29, 1.82) is 0 Å². The van der Waals surface area contributed by atoms with Crippen LogP contribution >= 0.6 is 0 Å². The summed E-state index contributed by atoms with van der Waals surface area (Å²) in [7, 11) is 8.16. The van der Waals surface area contributed by atoms with E-state index in [1.54, 1.807) is 0 Å². The molecule has 0 aromatic heterocycles. The van der Waals surface area contributed by atoms with Crippen molar-refractivity contribution in [2.24, 2.45) is 0 Å². The van der Waals surface area contributed by atoms with Crippen molar-refractivity contribution in [3.8, 4) is 0 Å². The highest BCUT2D eigenvalue weighted by molar-refractivity contribution is 6.07. The van der Waals surface area contributed by atoms with E-state index >= 15 is 0 Å². The molecule has 0 radical (unpaired) electrons. The summed E-state index contributed by atoms with van der Waals surface area (Å²) in [4.78, 5) is 2.06. The molecule has 1 aromatic rings. The Labute approximate surface area is 98.5 Å². The van der Waals surface area contributed by atoms with Crippen LogP contribution in [-0.4, -0.2) is 43.9 Å². The Morgan fingerprint density at radius 1 is 1.12 bits per heavy atom. The lowest BCUT2D eigenvalue weighted by Gasteiger charge is -2.08. The van der Waals surface area contributed by atoms with Gasteiger partial charge in [0.05, 0.1) is 5.57 Å². The number of hydrogen-bond acceptors (Lipinski definition) is 1. The minimum absolute atomic E-state index is 1.22. The largest absolute Gasteiger partial charge is 0.383 e. The molecule has 0 aliphatic rings. The summed E-state index contributed by atoms with van der Waals surface area (Å²) in [5.41, 5.74) is 3.75. The Bertz CT molecular complexity index is 393. The van der Waals surface area contributed by atoms with E-state index in [-0.39, 0.29) is 0 Å². The predicted octanol–water partition coefficient (Wildman–Crippen LogP) is 2.24. The minimum atomic E-state index is 1.22. The number of rotatable bonds is 3. The fraction of sp³-hybridized carbons (Fsp3) is 0.357. The Morgan fingerprint density at radius 2 is 1.69 bits per heavy atom. The number of nitrogens with zero attached hydrogens (tertiary/aromatic N) is 2. The predicted molar refractivity (Wildman–Crippen MR) is 71.0 cm³/mol. The van der Waals surface area contributed by atoms with Crippen molar-refractivity contribution < 1.29 is 4.58 Å². The molecule has 0 unspecified atom stereocenters. The lowest BCUT2D eigenvalue weighted by atomic mass is 10.1. The van der Waals surface area contributed by atoms with Gasteiger partial charge in [0.2, 0.25) is 0 Å². The molecule has 0 heterocycles. The van der Waals surface area contributed by atoms with Gasteiger partial charge in [-0.15, -0.1) is 0 Å². The van der Waals surface area contributed by atoms with Gasteiger partial charge in [0, 0.05) is 20.3 Å². The molecule has 0 atom stereocenters. The molecule has 0 spiro atoms. The average molecular weight is 217 g/mol. The number of aryl methyl sites for hydroxylation is 1. The molecule has 86 valence electrons. The molecule has 0 fully saturated rings. The Morgan fingerprint density at radius 3 is 2.12 bits per heavy atom. The van der Waals surface area contributed by atoms with Gasteiger partial charge in [-0.05, 0) is 12.5 Å². The normalized spacial score (nSPS) is 11.2. The first-order chi connectivity index (χ1) is 7.49. The van der Waals surface area contributed by atoms with Gasteiger partial charge < -0.3 is 4.90 Å². The van der Waals surface area contributed by atoms with Crippen LogP contribution in [0.4, 0.5) is 0 Å². The summed E-state index contributed by atoms with van der Waals surface area (Å²) in [5.74, 6) is 0. The average Bonchev–Trinajstić information content (AvgIpc) is 2.16. The highest BCUT2D eigenvalue weighted by Gasteiger charge is 2.02. The summed E-state index contributed by atoms with van der Waals surface area (Å²) < 4.78 is 2.06. The van der Waals surface area contributed by atoms with Crippen molar-refractivity contribution in [1.82, 2.24) is 4.90 Å². The maximum atomic E-state index is 2.16. The van der Waals surface area contributed by atoms with Crippen LogP contribution in [0.15, 0.2) is 30.5 Å². The molecule has 1 aromatic carbocycles. The Balaban J connectivity index is 3.11. The molecule has 2 nitrogen and oxygen atoms in total. The first kappa shape index (κ1) is 12.5. The van der Waals surface area contributed by atoms with Crippen LogP contribution in [0.1, 0.15) is 11.1 Å². The zero-order chi connectivity index (χ0) is 12.1. The third-order valence-electron chi connectivity index (χ3n) is 2.18. The Kier molecular flexibility index (Phi) is 4.29. The standard InChI is InChI=1S/C14H21N2/c1-12-6-8-13(9-7-12)14(10-15(2)3)11-16(4)5/h6-11H,1-5H3/q+1. The van der Waals surface area contributed by atoms with E-state index < -0.39 is 0 Å². The topological polar surface area (TPSA) is 6.25 Å². The van der Waals surface area contributed by atoms with Crippen molar-refractivity contribution in [2.75, 3.05) is 28.2 Å². The maximum Gasteiger partial charge on any atom is 0.172 e. The van der Waals surface area contributed by atoms with Gasteiger partial charge in [-0.2, -0.15) is 0 Å². The van der Waals surface area contributed by atoms with E-state index in [1.807, 2.05) is 28.2 Å². The molecular weight excluding hydrogens is 196 g/mol. The fourth-order valence-electron chi connectivity index (χ4n) is 1.48. The van der Waals surface area contributed by atoms with Crippen LogP contribution in [0, 0.1) is 6.92 Å². The monoisotopic (exact) mass is 217 g/mol. The third kappa shape index (κ3) is 3.89. The van der Waals surface area contributed by atoms with E-state index in [0.29, 0.717) is 0 Å². The second-order valence-corrected chi connectivity index (χ2v) is 4.51. The molecule has 0 N–H and O–H groups in total. The first-order valence-electron chi connectivity index (χ1n) is 5.45. The van der Waals surface area contributed by atoms with Gasteiger partial charge in [0.1, 0.15) is 14.1 Å². The van der Waals surface area contributed by atoms with Gasteiger partial charge in [-0.25, -0.2) is 4.58 Å². The molecule has 0 saturated heterocycles. The molecule has 0 bridgehead atoms. The van der Waals surface area contributed by atoms with Crippen LogP contribution in [0.3, 0.4) is 0 Å². The number of hydrogen-bond donors (Lipinski definition) is 0. The lowest BCUT2D eigenvalue weighted by molar-refractivity contribution is -0.458. The molecular formula is C14H21N2+. The Hall–Kier alpha value is -1.57. The van der Waals surface area contributed by atoms with Crippen molar-refractivity contribution in [3.63, 3.8) is 0 Å².